The molecule has 4 bridgehead atoms. The van der Waals surface area contributed by atoms with Gasteiger partial charge in [0.15, 0.2) is 0 Å². The summed E-state index contributed by atoms with van der Waals surface area (Å²) in [4.78, 5) is 53.9. The molecule has 0 saturated heterocycles. The molecule has 1 aliphatic heterocycles. The zero-order chi connectivity index (χ0) is 38.9. The van der Waals surface area contributed by atoms with Gasteiger partial charge in [0, 0.05) is 33.4 Å². The van der Waals surface area contributed by atoms with Crippen LogP contribution in [0.15, 0.2) is 97.1 Å². The lowest BCUT2D eigenvalue weighted by atomic mass is 9.96. The molecule has 0 saturated carbocycles. The quantitative estimate of drug-likeness (QED) is 0.125. The second-order valence-corrected chi connectivity index (χ2v) is 14.6. The van der Waals surface area contributed by atoms with Crippen molar-refractivity contribution in [3.63, 3.8) is 0 Å². The summed E-state index contributed by atoms with van der Waals surface area (Å²) in [6.07, 6.45) is -3.95. The first-order valence-electron chi connectivity index (χ1n) is 17.3. The lowest BCUT2D eigenvalue weighted by Crippen LogP contribution is -2.49. The van der Waals surface area contributed by atoms with E-state index in [-0.39, 0.29) is 13.2 Å². The number of benzene rings is 4. The summed E-state index contributed by atoms with van der Waals surface area (Å²) in [6, 6.07) is 29.3. The van der Waals surface area contributed by atoms with Crippen LogP contribution < -0.4 is 0 Å². The van der Waals surface area contributed by atoms with Crippen molar-refractivity contribution in [1.29, 1.82) is 0 Å². The number of cyclic esters (lactones) is 2. The first-order chi connectivity index (χ1) is 25.7. The van der Waals surface area contributed by atoms with Crippen LogP contribution in [0.3, 0.4) is 0 Å². The average molecular weight is 721 g/mol. The maximum Gasteiger partial charge on any atom is 0.352 e. The Morgan fingerprint density at radius 1 is 0.519 bits per heavy atom. The van der Waals surface area contributed by atoms with Crippen LogP contribution in [0, 0.1) is 46.4 Å². The van der Waals surface area contributed by atoms with Crippen molar-refractivity contribution in [2.24, 2.45) is 10.8 Å². The maximum atomic E-state index is 13.8. The van der Waals surface area contributed by atoms with Crippen LogP contribution >= 0.6 is 0 Å². The fourth-order valence-electron chi connectivity index (χ4n) is 4.82. The third kappa shape index (κ3) is 10.5. The van der Waals surface area contributed by atoms with Crippen LogP contribution in [-0.2, 0) is 51.3 Å². The second-order valence-electron chi connectivity index (χ2n) is 14.6. The summed E-state index contributed by atoms with van der Waals surface area (Å²) in [6.45, 7) is 8.98. The van der Waals surface area contributed by atoms with E-state index in [0.29, 0.717) is 22.3 Å². The van der Waals surface area contributed by atoms with Crippen molar-refractivity contribution < 1.29 is 38.1 Å². The summed E-state index contributed by atoms with van der Waals surface area (Å²) >= 11 is 0. The van der Waals surface area contributed by atoms with E-state index < -0.39 is 46.9 Å². The predicted molar refractivity (Wildman–Crippen MR) is 202 cm³/mol. The molecule has 8 nitrogen and oxygen atoms in total. The maximum absolute atomic E-state index is 13.8. The van der Waals surface area contributed by atoms with Gasteiger partial charge in [-0.05, 0) is 101 Å². The Bertz CT molecular complexity index is 2110. The molecule has 5 rings (SSSR count). The highest BCUT2D eigenvalue weighted by Crippen LogP contribution is 2.24. The molecule has 0 amide bonds. The summed E-state index contributed by atoms with van der Waals surface area (Å²) in [5.74, 6) is 15.3. The van der Waals surface area contributed by atoms with Crippen molar-refractivity contribution in [3.05, 3.63) is 142 Å². The summed E-state index contributed by atoms with van der Waals surface area (Å²) in [5.41, 5.74) is 3.19. The van der Waals surface area contributed by atoms with Crippen molar-refractivity contribution in [2.45, 2.75) is 67.0 Å². The van der Waals surface area contributed by atoms with Crippen LogP contribution in [0.2, 0.25) is 0 Å². The second kappa shape index (κ2) is 16.8. The van der Waals surface area contributed by atoms with Crippen LogP contribution in [0.5, 0.6) is 0 Å². The fraction of sp³-hybridized carbons (Fsp3) is 0.261. The first kappa shape index (κ1) is 38.7. The van der Waals surface area contributed by atoms with Crippen LogP contribution in [0.4, 0.5) is 0 Å². The van der Waals surface area contributed by atoms with Gasteiger partial charge in [0.2, 0.25) is 12.2 Å². The molecule has 0 spiro atoms. The van der Waals surface area contributed by atoms with E-state index in [1.165, 1.54) is 0 Å². The molecule has 0 N–H and O–H groups in total. The molecule has 0 fully saturated rings. The molecule has 1 unspecified atom stereocenters. The normalized spacial score (nSPS) is 16.0. The number of hydrogen-bond acceptors (Lipinski definition) is 8. The molecule has 0 aliphatic carbocycles. The zero-order valence-corrected chi connectivity index (χ0v) is 31.1. The highest BCUT2D eigenvalue weighted by molar-refractivity contribution is 5.90. The minimum atomic E-state index is -1.97. The van der Waals surface area contributed by atoms with Gasteiger partial charge in [-0.3, -0.25) is 9.59 Å². The van der Waals surface area contributed by atoms with Crippen LogP contribution in [-0.4, -0.2) is 36.1 Å². The average Bonchev–Trinajstić information content (AvgIpc) is 3.14. The standard InChI is InChI=1S/C46H40O8/c1-45(2,3)43(49)53-39-40(54-44(50)46(4,5)6)42(48)52-30-34-16-12-14-32(28-34)22-24-36-18-8-10-20-38(36)26-25-37-19-9-7-17-35(37)23-21-31-13-11-15-33(27-31)29-51-41(39)47/h7-20,27-28,39-40H,29-30H2,1-6H3/t39-,40?/m1/s1. The fourth-order valence-corrected chi connectivity index (χ4v) is 4.82. The number of carbonyl (C=O) groups is 4. The Morgan fingerprint density at radius 2 is 0.852 bits per heavy atom. The SMILES string of the molecule is CC(C)(C)C(=O)OC1C(=O)OCc2cccc(c2)C#Cc2ccccc2C#Cc2ccccc2C#Cc2cccc(c2)COC(=O)[C@@H]1OC(=O)C(C)(C)C. The van der Waals surface area contributed by atoms with E-state index in [0.717, 1.165) is 22.3 Å². The monoisotopic (exact) mass is 720 g/mol. The number of esters is 4. The Kier molecular flexibility index (Phi) is 12.1. The molecule has 272 valence electrons. The van der Waals surface area contributed by atoms with Crippen LogP contribution in [0.1, 0.15) is 86.1 Å². The Morgan fingerprint density at radius 3 is 1.19 bits per heavy atom. The number of ether oxygens (including phenoxy) is 4. The van der Waals surface area contributed by atoms with Crippen molar-refractivity contribution in [2.75, 3.05) is 0 Å². The van der Waals surface area contributed by atoms with E-state index in [4.69, 9.17) is 18.9 Å². The molecule has 4 aromatic rings. The first-order valence-corrected chi connectivity index (χ1v) is 17.3. The highest BCUT2D eigenvalue weighted by Gasteiger charge is 2.45. The van der Waals surface area contributed by atoms with Gasteiger partial charge in [-0.2, -0.15) is 0 Å². The van der Waals surface area contributed by atoms with Gasteiger partial charge in [-0.25, -0.2) is 9.59 Å². The third-order valence-corrected chi connectivity index (χ3v) is 7.92. The Balaban J connectivity index is 1.60. The Hall–Kier alpha value is -6.56. The lowest BCUT2D eigenvalue weighted by molar-refractivity contribution is -0.198. The zero-order valence-electron chi connectivity index (χ0n) is 31.1. The minimum absolute atomic E-state index is 0.262. The summed E-state index contributed by atoms with van der Waals surface area (Å²) < 4.78 is 22.4. The summed E-state index contributed by atoms with van der Waals surface area (Å²) in [7, 11) is 0. The molecule has 0 aromatic heterocycles. The molecule has 1 aliphatic rings. The van der Waals surface area contributed by atoms with Gasteiger partial charge in [-0.15, -0.1) is 0 Å². The molecule has 1 heterocycles. The predicted octanol–water partition coefficient (Wildman–Crippen LogP) is 6.90. The molecule has 2 atom stereocenters. The van der Waals surface area contributed by atoms with Crippen molar-refractivity contribution in [1.82, 2.24) is 0 Å². The van der Waals surface area contributed by atoms with Crippen molar-refractivity contribution >= 4 is 23.9 Å². The third-order valence-electron chi connectivity index (χ3n) is 7.92. The molecular formula is C46H40O8. The van der Waals surface area contributed by atoms with Gasteiger partial charge in [0.1, 0.15) is 13.2 Å². The molecule has 0 radical (unpaired) electrons. The Labute approximate surface area is 316 Å². The molecule has 4 aromatic carbocycles. The van der Waals surface area contributed by atoms with E-state index in [1.807, 2.05) is 60.7 Å². The topological polar surface area (TPSA) is 105 Å². The van der Waals surface area contributed by atoms with E-state index in [1.54, 1.807) is 77.9 Å². The summed E-state index contributed by atoms with van der Waals surface area (Å²) in [5, 5.41) is 0. The molecule has 54 heavy (non-hydrogen) atoms. The lowest BCUT2D eigenvalue weighted by Gasteiger charge is -2.28. The largest absolute Gasteiger partial charge is 0.458 e. The van der Waals surface area contributed by atoms with Gasteiger partial charge in [0.25, 0.3) is 0 Å². The van der Waals surface area contributed by atoms with Crippen LogP contribution in [0.25, 0.3) is 0 Å². The van der Waals surface area contributed by atoms with E-state index in [9.17, 15) is 19.2 Å². The van der Waals surface area contributed by atoms with Crippen molar-refractivity contribution in [3.8, 4) is 35.5 Å². The number of fused-ring (bicyclic) bond motifs is 6. The number of rotatable bonds is 2. The number of carbonyl (C=O) groups excluding carboxylic acids is 4. The van der Waals surface area contributed by atoms with Gasteiger partial charge in [-0.1, -0.05) is 84.1 Å². The van der Waals surface area contributed by atoms with E-state index >= 15 is 0 Å². The van der Waals surface area contributed by atoms with Gasteiger partial charge < -0.3 is 18.9 Å². The van der Waals surface area contributed by atoms with Gasteiger partial charge >= 0.3 is 23.9 Å². The van der Waals surface area contributed by atoms with Gasteiger partial charge in [0.05, 0.1) is 10.8 Å². The molecule has 8 heteroatoms. The minimum Gasteiger partial charge on any atom is -0.458 e. The van der Waals surface area contributed by atoms with E-state index in [2.05, 4.69) is 35.5 Å². The highest BCUT2D eigenvalue weighted by atomic mass is 16.6. The molecular weight excluding hydrogens is 680 g/mol. The number of hydrogen-bond donors (Lipinski definition) is 0. The smallest absolute Gasteiger partial charge is 0.352 e.